The number of aromatic nitrogens is 3. The number of aliphatic hydroxyl groups excluding tert-OH is 1. The predicted molar refractivity (Wildman–Crippen MR) is 122 cm³/mol. The summed E-state index contributed by atoms with van der Waals surface area (Å²) in [6.45, 7) is 6.64. The van der Waals surface area contributed by atoms with Crippen LogP contribution in [0.2, 0.25) is 0 Å². The van der Waals surface area contributed by atoms with Gasteiger partial charge in [0.25, 0.3) is 0 Å². The lowest BCUT2D eigenvalue weighted by Crippen LogP contribution is -2.27. The molecule has 0 aliphatic heterocycles. The fourth-order valence-corrected chi connectivity index (χ4v) is 3.64. The predicted octanol–water partition coefficient (Wildman–Crippen LogP) is 2.55. The van der Waals surface area contributed by atoms with Gasteiger partial charge in [-0.25, -0.2) is 8.42 Å². The second-order valence-electron chi connectivity index (χ2n) is 8.21. The Labute approximate surface area is 184 Å². The first-order valence-corrected chi connectivity index (χ1v) is 12.2. The van der Waals surface area contributed by atoms with Crippen molar-refractivity contribution in [1.82, 2.24) is 15.0 Å². The van der Waals surface area contributed by atoms with Gasteiger partial charge in [-0.05, 0) is 29.4 Å². The largest absolute Gasteiger partial charge is 0.394 e. The lowest BCUT2D eigenvalue weighted by Gasteiger charge is -2.19. The minimum atomic E-state index is -3.55. The molecule has 0 radical (unpaired) electrons. The fraction of sp³-hybridized carbons (Fsp3) is 0.571. The number of methoxy groups -OCH3 is 1. The van der Waals surface area contributed by atoms with Gasteiger partial charge in [-0.15, -0.1) is 0 Å². The van der Waals surface area contributed by atoms with E-state index in [4.69, 9.17) is 4.74 Å². The molecule has 0 fully saturated rings. The molecule has 0 saturated heterocycles. The summed E-state index contributed by atoms with van der Waals surface area (Å²) in [6.07, 6.45) is 2.26. The second kappa shape index (κ2) is 11.4. The molecule has 0 bridgehead atoms. The van der Waals surface area contributed by atoms with E-state index in [9.17, 15) is 13.5 Å². The topological polar surface area (TPSA) is 126 Å². The van der Waals surface area contributed by atoms with Crippen molar-refractivity contribution in [2.45, 2.75) is 52.2 Å². The number of hydrogen-bond acceptors (Lipinski definition) is 8. The number of rotatable bonds is 12. The van der Waals surface area contributed by atoms with Crippen molar-refractivity contribution in [1.29, 1.82) is 0 Å². The normalized spacial score (nSPS) is 13.8. The SMILES string of the molecule is COCc1ccc(C(C)Cc2nc(N[C@@H](CO)CC(C)C)nc(NS(C)(=O)=O)n2)cc1. The molecule has 0 aliphatic rings. The third-order valence-corrected chi connectivity index (χ3v) is 5.17. The van der Waals surface area contributed by atoms with Gasteiger partial charge in [0.1, 0.15) is 5.82 Å². The number of sulfonamides is 1. The Morgan fingerprint density at radius 3 is 2.26 bits per heavy atom. The molecule has 31 heavy (non-hydrogen) atoms. The van der Waals surface area contributed by atoms with E-state index < -0.39 is 10.0 Å². The number of nitrogens with one attached hydrogen (secondary N) is 2. The molecule has 172 valence electrons. The summed E-state index contributed by atoms with van der Waals surface area (Å²) in [5.41, 5.74) is 2.20. The van der Waals surface area contributed by atoms with Gasteiger partial charge in [-0.2, -0.15) is 15.0 Å². The molecule has 0 spiro atoms. The first-order chi connectivity index (χ1) is 14.6. The molecule has 10 heteroatoms. The van der Waals surface area contributed by atoms with Crippen molar-refractivity contribution >= 4 is 21.9 Å². The Morgan fingerprint density at radius 1 is 1.06 bits per heavy atom. The smallest absolute Gasteiger partial charge is 0.241 e. The monoisotopic (exact) mass is 451 g/mol. The molecule has 9 nitrogen and oxygen atoms in total. The number of aliphatic hydroxyl groups is 1. The highest BCUT2D eigenvalue weighted by Gasteiger charge is 2.17. The van der Waals surface area contributed by atoms with E-state index in [2.05, 4.69) is 45.8 Å². The van der Waals surface area contributed by atoms with Crippen LogP contribution < -0.4 is 10.0 Å². The van der Waals surface area contributed by atoms with Gasteiger partial charge < -0.3 is 15.2 Å². The average Bonchev–Trinajstić information content (AvgIpc) is 2.66. The van der Waals surface area contributed by atoms with Gasteiger partial charge in [-0.1, -0.05) is 45.0 Å². The molecule has 2 atom stereocenters. The maximum Gasteiger partial charge on any atom is 0.241 e. The van der Waals surface area contributed by atoms with Crippen molar-refractivity contribution in [2.75, 3.05) is 30.0 Å². The van der Waals surface area contributed by atoms with Crippen molar-refractivity contribution in [3.05, 3.63) is 41.2 Å². The number of anilines is 2. The molecule has 0 aliphatic carbocycles. The van der Waals surface area contributed by atoms with E-state index in [0.717, 1.165) is 23.8 Å². The fourth-order valence-electron chi connectivity index (χ4n) is 3.22. The Morgan fingerprint density at radius 2 is 1.71 bits per heavy atom. The van der Waals surface area contributed by atoms with Gasteiger partial charge in [0, 0.05) is 13.5 Å². The van der Waals surface area contributed by atoms with Gasteiger partial charge in [0.2, 0.25) is 21.9 Å². The Hall–Kier alpha value is -2.30. The minimum absolute atomic E-state index is 0.0427. The van der Waals surface area contributed by atoms with Crippen LogP contribution in [0.15, 0.2) is 24.3 Å². The molecule has 2 rings (SSSR count). The molecule has 1 aromatic carbocycles. The highest BCUT2D eigenvalue weighted by molar-refractivity contribution is 7.91. The van der Waals surface area contributed by atoms with E-state index in [1.165, 1.54) is 0 Å². The van der Waals surface area contributed by atoms with E-state index in [1.807, 2.05) is 24.3 Å². The van der Waals surface area contributed by atoms with Crippen molar-refractivity contribution in [3.8, 4) is 0 Å². The van der Waals surface area contributed by atoms with Gasteiger partial charge >= 0.3 is 0 Å². The van der Waals surface area contributed by atoms with Crippen molar-refractivity contribution in [2.24, 2.45) is 5.92 Å². The molecule has 2 aromatic rings. The maximum absolute atomic E-state index is 11.7. The zero-order valence-electron chi connectivity index (χ0n) is 18.8. The third-order valence-electron chi connectivity index (χ3n) is 4.62. The third kappa shape index (κ3) is 8.76. The van der Waals surface area contributed by atoms with Gasteiger partial charge in [0.05, 0.1) is 25.5 Å². The maximum atomic E-state index is 11.7. The first-order valence-electron chi connectivity index (χ1n) is 10.3. The van der Waals surface area contributed by atoms with E-state index in [1.54, 1.807) is 7.11 Å². The van der Waals surface area contributed by atoms with E-state index in [0.29, 0.717) is 24.8 Å². The number of nitrogens with zero attached hydrogens (tertiary/aromatic N) is 3. The summed E-state index contributed by atoms with van der Waals surface area (Å²) in [5.74, 6) is 1.11. The van der Waals surface area contributed by atoms with Gasteiger partial charge in [-0.3, -0.25) is 4.72 Å². The van der Waals surface area contributed by atoms with Crippen LogP contribution in [0.1, 0.15) is 50.1 Å². The zero-order chi connectivity index (χ0) is 23.0. The first kappa shape index (κ1) is 25.0. The van der Waals surface area contributed by atoms with Crippen LogP contribution in [0.5, 0.6) is 0 Å². The molecular formula is C21H33N5O4S. The molecule has 0 saturated carbocycles. The highest BCUT2D eigenvalue weighted by atomic mass is 32.2. The van der Waals surface area contributed by atoms with Crippen molar-refractivity contribution < 1.29 is 18.3 Å². The van der Waals surface area contributed by atoms with Crippen LogP contribution >= 0.6 is 0 Å². The minimum Gasteiger partial charge on any atom is -0.394 e. The van der Waals surface area contributed by atoms with Crippen molar-refractivity contribution in [3.63, 3.8) is 0 Å². The molecule has 3 N–H and O–H groups in total. The van der Waals surface area contributed by atoms with Crippen LogP contribution in [0, 0.1) is 5.92 Å². The van der Waals surface area contributed by atoms with Crippen LogP contribution in [-0.2, 0) is 27.8 Å². The number of benzene rings is 1. The lowest BCUT2D eigenvalue weighted by atomic mass is 9.96. The molecule has 1 aromatic heterocycles. The summed E-state index contributed by atoms with van der Waals surface area (Å²) >= 11 is 0. The summed E-state index contributed by atoms with van der Waals surface area (Å²) in [7, 11) is -1.89. The highest BCUT2D eigenvalue weighted by Crippen LogP contribution is 2.21. The Kier molecular flexibility index (Phi) is 9.15. The number of hydrogen-bond donors (Lipinski definition) is 3. The molecule has 1 heterocycles. The standard InChI is InChI=1S/C21H33N5O4S/c1-14(2)10-18(12-27)22-20-23-19(24-21(25-20)26-31(5,28)29)11-15(3)17-8-6-16(7-9-17)13-30-4/h6-9,14-15,18,27H,10-13H2,1-5H3,(H2,22,23,24,25,26)/t15?,18-/m1/s1. The Bertz CT molecular complexity index is 935. The summed E-state index contributed by atoms with van der Waals surface area (Å²) < 4.78 is 30.9. The van der Waals surface area contributed by atoms with E-state index >= 15 is 0 Å². The molecule has 0 amide bonds. The Balaban J connectivity index is 2.26. The summed E-state index contributed by atoms with van der Waals surface area (Å²) in [4.78, 5) is 12.9. The number of ether oxygens (including phenoxy) is 1. The van der Waals surface area contributed by atoms with Crippen LogP contribution in [0.3, 0.4) is 0 Å². The zero-order valence-corrected chi connectivity index (χ0v) is 19.6. The van der Waals surface area contributed by atoms with Gasteiger partial charge in [0.15, 0.2) is 0 Å². The summed E-state index contributed by atoms with van der Waals surface area (Å²) in [6, 6.07) is 7.87. The van der Waals surface area contributed by atoms with Crippen LogP contribution in [-0.4, -0.2) is 54.5 Å². The lowest BCUT2D eigenvalue weighted by molar-refractivity contribution is 0.185. The summed E-state index contributed by atoms with van der Waals surface area (Å²) in [5, 5.41) is 12.8. The molecular weight excluding hydrogens is 418 g/mol. The average molecular weight is 452 g/mol. The molecule has 1 unspecified atom stereocenters. The van der Waals surface area contributed by atoms with E-state index in [-0.39, 0.29) is 30.5 Å². The van der Waals surface area contributed by atoms with Crippen LogP contribution in [0.25, 0.3) is 0 Å². The second-order valence-corrected chi connectivity index (χ2v) is 9.95. The quantitative estimate of drug-likeness (QED) is 0.449. The van der Waals surface area contributed by atoms with Crippen LogP contribution in [0.4, 0.5) is 11.9 Å².